The average Bonchev–Trinajstić information content (AvgIpc) is 2.53. The van der Waals surface area contributed by atoms with Gasteiger partial charge in [0.05, 0.1) is 16.7 Å². The average molecular weight is 256 g/mol. The van der Waals surface area contributed by atoms with Gasteiger partial charge in [-0.2, -0.15) is 0 Å². The molecule has 2 aromatic heterocycles. The van der Waals surface area contributed by atoms with E-state index in [9.17, 15) is 0 Å². The maximum atomic E-state index is 4.74. The molecule has 0 saturated heterocycles. The Morgan fingerprint density at radius 2 is 1.20 bits per heavy atom. The monoisotopic (exact) mass is 256 g/mol. The summed E-state index contributed by atoms with van der Waals surface area (Å²) < 4.78 is 0. The van der Waals surface area contributed by atoms with E-state index in [1.54, 1.807) is 0 Å². The van der Waals surface area contributed by atoms with E-state index in [1.807, 2.05) is 60.8 Å². The highest BCUT2D eigenvalue weighted by atomic mass is 14.7. The van der Waals surface area contributed by atoms with E-state index in [0.717, 1.165) is 33.1 Å². The first-order valence-corrected chi connectivity index (χ1v) is 6.62. The Morgan fingerprint density at radius 3 is 1.80 bits per heavy atom. The molecule has 0 N–H and O–H groups in total. The normalized spacial score (nSPS) is 11.0. The molecule has 2 heterocycles. The number of rotatable bonds is 1. The van der Waals surface area contributed by atoms with Gasteiger partial charge in [-0.3, -0.25) is 4.98 Å². The molecule has 4 aromatic rings. The van der Waals surface area contributed by atoms with Crippen LogP contribution in [0.2, 0.25) is 0 Å². The molecule has 0 bridgehead atoms. The maximum absolute atomic E-state index is 4.74. The highest BCUT2D eigenvalue weighted by molar-refractivity contribution is 6.08. The van der Waals surface area contributed by atoms with Crippen molar-refractivity contribution >= 4 is 21.8 Å². The number of pyridine rings is 2. The number of nitrogens with zero attached hydrogens (tertiary/aromatic N) is 2. The largest absolute Gasteiger partial charge is 0.256 e. The minimum absolute atomic E-state index is 0.988. The molecule has 0 atom stereocenters. The van der Waals surface area contributed by atoms with Crippen LogP contribution in [-0.2, 0) is 0 Å². The lowest BCUT2D eigenvalue weighted by molar-refractivity contribution is 1.33. The fourth-order valence-corrected chi connectivity index (χ4v) is 2.63. The Labute approximate surface area is 116 Å². The highest BCUT2D eigenvalue weighted by Crippen LogP contribution is 2.33. The summed E-state index contributed by atoms with van der Waals surface area (Å²) in [4.78, 5) is 9.26. The predicted molar refractivity (Wildman–Crippen MR) is 82.5 cm³/mol. The lowest BCUT2D eigenvalue weighted by Gasteiger charge is -2.10. The van der Waals surface area contributed by atoms with Crippen LogP contribution in [0, 0.1) is 0 Å². The number of para-hydroxylation sites is 2. The summed E-state index contributed by atoms with van der Waals surface area (Å²) in [7, 11) is 0. The number of benzene rings is 2. The van der Waals surface area contributed by atoms with Crippen LogP contribution in [0.1, 0.15) is 0 Å². The zero-order valence-corrected chi connectivity index (χ0v) is 10.8. The van der Waals surface area contributed by atoms with Crippen LogP contribution in [-0.4, -0.2) is 9.97 Å². The second-order valence-corrected chi connectivity index (χ2v) is 4.74. The third kappa shape index (κ3) is 1.66. The number of aromatic nitrogens is 2. The quantitative estimate of drug-likeness (QED) is 0.470. The van der Waals surface area contributed by atoms with E-state index in [2.05, 4.69) is 17.1 Å². The molecule has 2 aromatic carbocycles. The van der Waals surface area contributed by atoms with E-state index in [0.29, 0.717) is 0 Å². The second-order valence-electron chi connectivity index (χ2n) is 4.74. The van der Waals surface area contributed by atoms with E-state index >= 15 is 0 Å². The highest BCUT2D eigenvalue weighted by Gasteiger charge is 2.10. The van der Waals surface area contributed by atoms with Gasteiger partial charge in [-0.25, -0.2) is 4.98 Å². The summed E-state index contributed by atoms with van der Waals surface area (Å²) in [6.45, 7) is 0. The molecule has 20 heavy (non-hydrogen) atoms. The van der Waals surface area contributed by atoms with Gasteiger partial charge in [0.15, 0.2) is 0 Å². The van der Waals surface area contributed by atoms with Gasteiger partial charge in [-0.15, -0.1) is 0 Å². The first kappa shape index (κ1) is 11.1. The van der Waals surface area contributed by atoms with E-state index in [4.69, 9.17) is 4.98 Å². The Morgan fingerprint density at radius 1 is 0.600 bits per heavy atom. The van der Waals surface area contributed by atoms with Crippen molar-refractivity contribution in [3.8, 4) is 11.3 Å². The third-order valence-corrected chi connectivity index (χ3v) is 3.51. The molecule has 4 rings (SSSR count). The predicted octanol–water partition coefficient (Wildman–Crippen LogP) is 4.45. The first-order valence-electron chi connectivity index (χ1n) is 6.62. The summed E-state index contributed by atoms with van der Waals surface area (Å²) in [5.74, 6) is 0. The number of hydrogen-bond acceptors (Lipinski definition) is 2. The molecule has 0 saturated carbocycles. The van der Waals surface area contributed by atoms with Crippen LogP contribution >= 0.6 is 0 Å². The van der Waals surface area contributed by atoms with Gasteiger partial charge < -0.3 is 0 Å². The van der Waals surface area contributed by atoms with Crippen molar-refractivity contribution in [2.24, 2.45) is 0 Å². The molecule has 2 nitrogen and oxygen atoms in total. The maximum Gasteiger partial charge on any atom is 0.0716 e. The number of fused-ring (bicyclic) bond motifs is 2. The second kappa shape index (κ2) is 4.42. The minimum atomic E-state index is 0.988. The van der Waals surface area contributed by atoms with Crippen molar-refractivity contribution in [2.45, 2.75) is 0 Å². The molecule has 0 aliphatic carbocycles. The smallest absolute Gasteiger partial charge is 0.0716 e. The summed E-state index contributed by atoms with van der Waals surface area (Å²) in [5.41, 5.74) is 4.16. The molecule has 0 aliphatic rings. The minimum Gasteiger partial charge on any atom is -0.256 e. The topological polar surface area (TPSA) is 25.8 Å². The molecule has 0 aliphatic heterocycles. The number of hydrogen-bond donors (Lipinski definition) is 0. The zero-order chi connectivity index (χ0) is 13.4. The van der Waals surface area contributed by atoms with Crippen molar-refractivity contribution in [3.05, 3.63) is 72.9 Å². The molecule has 0 amide bonds. The van der Waals surface area contributed by atoms with E-state index < -0.39 is 0 Å². The van der Waals surface area contributed by atoms with Crippen LogP contribution in [0.5, 0.6) is 0 Å². The summed E-state index contributed by atoms with van der Waals surface area (Å²) in [6.07, 6.45) is 1.83. The summed E-state index contributed by atoms with van der Waals surface area (Å²) in [5, 5.41) is 2.29. The summed E-state index contributed by atoms with van der Waals surface area (Å²) >= 11 is 0. The van der Waals surface area contributed by atoms with E-state index in [-0.39, 0.29) is 0 Å². The molecular weight excluding hydrogens is 244 g/mol. The van der Waals surface area contributed by atoms with Crippen molar-refractivity contribution in [1.82, 2.24) is 9.97 Å². The lowest BCUT2D eigenvalue weighted by Crippen LogP contribution is -1.90. The van der Waals surface area contributed by atoms with Crippen molar-refractivity contribution < 1.29 is 0 Å². The van der Waals surface area contributed by atoms with Gasteiger partial charge in [0.2, 0.25) is 0 Å². The fourth-order valence-electron chi connectivity index (χ4n) is 2.63. The SMILES string of the molecule is c1ccc(-c2c3ccccc3nc3ccccc23)nc1. The van der Waals surface area contributed by atoms with Crippen LogP contribution in [0.3, 0.4) is 0 Å². The molecule has 0 unspecified atom stereocenters. The summed E-state index contributed by atoms with van der Waals surface area (Å²) in [6, 6.07) is 22.5. The fraction of sp³-hybridized carbons (Fsp3) is 0. The Bertz CT molecular complexity index is 845. The van der Waals surface area contributed by atoms with Crippen LogP contribution in [0.15, 0.2) is 72.9 Å². The lowest BCUT2D eigenvalue weighted by atomic mass is 9.99. The van der Waals surface area contributed by atoms with Crippen molar-refractivity contribution in [2.75, 3.05) is 0 Å². The Hall–Kier alpha value is -2.74. The molecule has 0 fully saturated rings. The third-order valence-electron chi connectivity index (χ3n) is 3.51. The standard InChI is InChI=1S/C18H12N2/c1-3-9-15-13(7-1)18(17-11-5-6-12-19-17)14-8-2-4-10-16(14)20-15/h1-12H. The molecule has 2 heteroatoms. The molecule has 0 spiro atoms. The Kier molecular flexibility index (Phi) is 2.46. The van der Waals surface area contributed by atoms with Crippen molar-refractivity contribution in [3.63, 3.8) is 0 Å². The molecular formula is C18H12N2. The molecule has 94 valence electrons. The zero-order valence-electron chi connectivity index (χ0n) is 10.8. The van der Waals surface area contributed by atoms with Gasteiger partial charge in [0.1, 0.15) is 0 Å². The van der Waals surface area contributed by atoms with Gasteiger partial charge in [-0.1, -0.05) is 42.5 Å². The van der Waals surface area contributed by atoms with Crippen molar-refractivity contribution in [1.29, 1.82) is 0 Å². The Balaban J connectivity index is 2.24. The van der Waals surface area contributed by atoms with Crippen LogP contribution in [0.25, 0.3) is 33.1 Å². The first-order chi connectivity index (χ1) is 9.93. The van der Waals surface area contributed by atoms with Gasteiger partial charge >= 0.3 is 0 Å². The van der Waals surface area contributed by atoms with Crippen LogP contribution in [0.4, 0.5) is 0 Å². The van der Waals surface area contributed by atoms with Gasteiger partial charge in [0.25, 0.3) is 0 Å². The van der Waals surface area contributed by atoms with E-state index in [1.165, 1.54) is 0 Å². The molecule has 0 radical (unpaired) electrons. The van der Waals surface area contributed by atoms with Gasteiger partial charge in [0, 0.05) is 22.5 Å². The van der Waals surface area contributed by atoms with Crippen LogP contribution < -0.4 is 0 Å². The van der Waals surface area contributed by atoms with Gasteiger partial charge in [-0.05, 0) is 24.3 Å².